The average Bonchev–Trinajstić information content (AvgIpc) is 2.65. The predicted molar refractivity (Wildman–Crippen MR) is 55.0 cm³/mol. The Hall–Kier alpha value is -0.870. The van der Waals surface area contributed by atoms with E-state index in [2.05, 4.69) is 0 Å². The third-order valence-electron chi connectivity index (χ3n) is 1.92. The summed E-state index contributed by atoms with van der Waals surface area (Å²) in [5.74, 6) is 2.56. The first-order chi connectivity index (χ1) is 6.90. The Labute approximate surface area is 87.0 Å². The molecule has 2 rings (SSSR count). The molecule has 0 fully saturated rings. The van der Waals surface area contributed by atoms with Crippen molar-refractivity contribution < 1.29 is 14.6 Å². The molecular weight excluding hydrogens is 200 g/mol. The third kappa shape index (κ3) is 2.13. The average molecular weight is 212 g/mol. The number of rotatable bonds is 4. The molecule has 1 aliphatic rings. The first kappa shape index (κ1) is 9.68. The summed E-state index contributed by atoms with van der Waals surface area (Å²) < 4.78 is 10.5. The summed E-state index contributed by atoms with van der Waals surface area (Å²) in [5, 5.41) is 8.64. The van der Waals surface area contributed by atoms with Crippen LogP contribution < -0.4 is 9.47 Å². The van der Waals surface area contributed by atoms with Gasteiger partial charge in [-0.3, -0.25) is 0 Å². The Morgan fingerprint density at radius 1 is 1.29 bits per heavy atom. The molecular formula is C10H12O3S. The van der Waals surface area contributed by atoms with E-state index in [1.54, 1.807) is 11.8 Å². The minimum Gasteiger partial charge on any atom is -0.454 e. The van der Waals surface area contributed by atoms with Crippen molar-refractivity contribution in [3.8, 4) is 11.5 Å². The van der Waals surface area contributed by atoms with E-state index in [9.17, 15) is 0 Å². The molecule has 4 heteroatoms. The number of thioether (sulfide) groups is 1. The number of benzene rings is 1. The summed E-state index contributed by atoms with van der Waals surface area (Å²) >= 11 is 1.72. The summed E-state index contributed by atoms with van der Waals surface area (Å²) in [5.41, 5.74) is 0. The molecule has 1 N–H and O–H groups in total. The molecule has 1 aromatic carbocycles. The van der Waals surface area contributed by atoms with Crippen LogP contribution in [-0.4, -0.2) is 24.3 Å². The maximum absolute atomic E-state index is 8.64. The summed E-state index contributed by atoms with van der Waals surface area (Å²) in [7, 11) is 0. The van der Waals surface area contributed by atoms with Crippen LogP contribution in [0.5, 0.6) is 11.5 Å². The van der Waals surface area contributed by atoms with Crippen molar-refractivity contribution in [2.45, 2.75) is 11.3 Å². The van der Waals surface area contributed by atoms with E-state index in [0.717, 1.165) is 28.6 Å². The lowest BCUT2D eigenvalue weighted by Gasteiger charge is -2.01. The van der Waals surface area contributed by atoms with Gasteiger partial charge in [-0.15, -0.1) is 11.8 Å². The highest BCUT2D eigenvalue weighted by Crippen LogP contribution is 2.35. The summed E-state index contributed by atoms with van der Waals surface area (Å²) in [6.07, 6.45) is 0.819. The van der Waals surface area contributed by atoms with Crippen LogP contribution in [0.4, 0.5) is 0 Å². The number of fused-ring (bicyclic) bond motifs is 1. The molecule has 0 saturated carbocycles. The molecule has 0 aliphatic carbocycles. The summed E-state index contributed by atoms with van der Waals surface area (Å²) in [6.45, 7) is 0.567. The van der Waals surface area contributed by atoms with Crippen LogP contribution in [0.25, 0.3) is 0 Å². The molecule has 0 bridgehead atoms. The van der Waals surface area contributed by atoms with E-state index < -0.39 is 0 Å². The fourth-order valence-corrected chi connectivity index (χ4v) is 2.08. The van der Waals surface area contributed by atoms with E-state index in [1.165, 1.54) is 0 Å². The summed E-state index contributed by atoms with van der Waals surface area (Å²) in [4.78, 5) is 1.16. The van der Waals surface area contributed by atoms with Crippen molar-refractivity contribution >= 4 is 11.8 Å². The van der Waals surface area contributed by atoms with Gasteiger partial charge in [-0.05, 0) is 24.6 Å². The van der Waals surface area contributed by atoms with Gasteiger partial charge in [0.05, 0.1) is 0 Å². The van der Waals surface area contributed by atoms with Crippen LogP contribution in [0.15, 0.2) is 23.1 Å². The van der Waals surface area contributed by atoms with Gasteiger partial charge in [-0.1, -0.05) is 0 Å². The maximum Gasteiger partial charge on any atom is 0.231 e. The van der Waals surface area contributed by atoms with Crippen molar-refractivity contribution in [2.24, 2.45) is 0 Å². The van der Waals surface area contributed by atoms with Crippen LogP contribution >= 0.6 is 11.8 Å². The van der Waals surface area contributed by atoms with Gasteiger partial charge >= 0.3 is 0 Å². The Morgan fingerprint density at radius 2 is 2.14 bits per heavy atom. The zero-order valence-electron chi connectivity index (χ0n) is 7.73. The molecule has 1 heterocycles. The zero-order chi connectivity index (χ0) is 9.80. The molecule has 14 heavy (non-hydrogen) atoms. The Morgan fingerprint density at radius 3 is 3.00 bits per heavy atom. The van der Waals surface area contributed by atoms with Gasteiger partial charge in [0.1, 0.15) is 0 Å². The highest BCUT2D eigenvalue weighted by Gasteiger charge is 2.12. The minimum atomic E-state index is 0.248. The van der Waals surface area contributed by atoms with Crippen molar-refractivity contribution in [3.63, 3.8) is 0 Å². The van der Waals surface area contributed by atoms with Gasteiger partial charge < -0.3 is 14.6 Å². The van der Waals surface area contributed by atoms with E-state index in [0.29, 0.717) is 6.79 Å². The second-order valence-electron chi connectivity index (χ2n) is 2.94. The van der Waals surface area contributed by atoms with Crippen LogP contribution in [0.2, 0.25) is 0 Å². The Kier molecular flexibility index (Phi) is 3.16. The summed E-state index contributed by atoms with van der Waals surface area (Å²) in [6, 6.07) is 5.91. The van der Waals surface area contributed by atoms with E-state index in [4.69, 9.17) is 14.6 Å². The first-order valence-corrected chi connectivity index (χ1v) is 5.52. The van der Waals surface area contributed by atoms with E-state index >= 15 is 0 Å². The third-order valence-corrected chi connectivity index (χ3v) is 3.00. The highest BCUT2D eigenvalue weighted by molar-refractivity contribution is 7.99. The number of aliphatic hydroxyl groups excluding tert-OH is 1. The molecule has 0 saturated heterocycles. The molecule has 1 aliphatic heterocycles. The van der Waals surface area contributed by atoms with Crippen molar-refractivity contribution in [1.82, 2.24) is 0 Å². The largest absolute Gasteiger partial charge is 0.454 e. The van der Waals surface area contributed by atoms with Crippen LogP contribution in [0, 0.1) is 0 Å². The second-order valence-corrected chi connectivity index (χ2v) is 4.11. The first-order valence-electron chi connectivity index (χ1n) is 4.53. The van der Waals surface area contributed by atoms with E-state index in [1.807, 2.05) is 18.2 Å². The van der Waals surface area contributed by atoms with Gasteiger partial charge in [0, 0.05) is 17.3 Å². The number of ether oxygens (including phenoxy) is 2. The molecule has 0 spiro atoms. The fraction of sp³-hybridized carbons (Fsp3) is 0.400. The zero-order valence-corrected chi connectivity index (χ0v) is 8.55. The SMILES string of the molecule is OCCCSc1ccc2c(c1)OCO2. The van der Waals surface area contributed by atoms with Crippen molar-refractivity contribution in [1.29, 1.82) is 0 Å². The molecule has 0 atom stereocenters. The van der Waals surface area contributed by atoms with Crippen LogP contribution in [0.3, 0.4) is 0 Å². The fourth-order valence-electron chi connectivity index (χ4n) is 1.22. The lowest BCUT2D eigenvalue weighted by Crippen LogP contribution is -1.92. The molecule has 0 aromatic heterocycles. The number of hydrogen-bond acceptors (Lipinski definition) is 4. The molecule has 0 amide bonds. The second kappa shape index (κ2) is 4.57. The quantitative estimate of drug-likeness (QED) is 0.611. The van der Waals surface area contributed by atoms with E-state index in [-0.39, 0.29) is 6.61 Å². The molecule has 1 aromatic rings. The molecule has 76 valence electrons. The highest BCUT2D eigenvalue weighted by atomic mass is 32.2. The topological polar surface area (TPSA) is 38.7 Å². The Bertz CT molecular complexity index is 314. The smallest absolute Gasteiger partial charge is 0.231 e. The Balaban J connectivity index is 1.98. The molecule has 3 nitrogen and oxygen atoms in total. The van der Waals surface area contributed by atoms with Crippen molar-refractivity contribution in [2.75, 3.05) is 19.2 Å². The van der Waals surface area contributed by atoms with Crippen molar-refractivity contribution in [3.05, 3.63) is 18.2 Å². The van der Waals surface area contributed by atoms with Gasteiger partial charge in [-0.2, -0.15) is 0 Å². The van der Waals surface area contributed by atoms with Gasteiger partial charge in [0.25, 0.3) is 0 Å². The molecule has 0 radical (unpaired) electrons. The van der Waals surface area contributed by atoms with Crippen LogP contribution in [0.1, 0.15) is 6.42 Å². The predicted octanol–water partition coefficient (Wildman–Crippen LogP) is 1.89. The monoisotopic (exact) mass is 212 g/mol. The maximum atomic E-state index is 8.64. The minimum absolute atomic E-state index is 0.248. The lowest BCUT2D eigenvalue weighted by molar-refractivity contribution is 0.174. The van der Waals surface area contributed by atoms with Crippen LogP contribution in [-0.2, 0) is 0 Å². The number of aliphatic hydroxyl groups is 1. The van der Waals surface area contributed by atoms with Gasteiger partial charge in [-0.25, -0.2) is 0 Å². The normalized spacial score (nSPS) is 13.2. The van der Waals surface area contributed by atoms with Gasteiger partial charge in [0.15, 0.2) is 11.5 Å². The number of hydrogen-bond donors (Lipinski definition) is 1. The lowest BCUT2D eigenvalue weighted by atomic mass is 10.3. The molecule has 0 unspecified atom stereocenters. The standard InChI is InChI=1S/C10H12O3S/c11-4-1-5-14-8-2-3-9-10(6-8)13-7-12-9/h2-3,6,11H,1,4-5,7H2. The van der Waals surface area contributed by atoms with Gasteiger partial charge in [0.2, 0.25) is 6.79 Å².